The molecule has 2 aromatic rings. The van der Waals surface area contributed by atoms with Gasteiger partial charge in [-0.2, -0.15) is 0 Å². The van der Waals surface area contributed by atoms with Gasteiger partial charge in [-0.25, -0.2) is 13.1 Å². The summed E-state index contributed by atoms with van der Waals surface area (Å²) < 4.78 is 32.7. The van der Waals surface area contributed by atoms with Crippen LogP contribution in [-0.4, -0.2) is 27.0 Å². The van der Waals surface area contributed by atoms with Crippen LogP contribution in [-0.2, 0) is 21.4 Å². The van der Waals surface area contributed by atoms with Gasteiger partial charge < -0.3 is 10.1 Å². The van der Waals surface area contributed by atoms with Gasteiger partial charge in [0.2, 0.25) is 10.0 Å². The summed E-state index contributed by atoms with van der Waals surface area (Å²) >= 11 is 0. The van der Waals surface area contributed by atoms with Crippen molar-refractivity contribution < 1.29 is 17.9 Å². The molecule has 0 saturated carbocycles. The minimum atomic E-state index is -3.61. The van der Waals surface area contributed by atoms with Crippen LogP contribution in [0, 0.1) is 0 Å². The summed E-state index contributed by atoms with van der Waals surface area (Å²) in [5, 5.41) is 2.85. The lowest BCUT2D eigenvalue weighted by atomic mass is 10.2. The van der Waals surface area contributed by atoms with Crippen LogP contribution < -0.4 is 14.8 Å². The largest absolute Gasteiger partial charge is 0.484 e. The zero-order chi connectivity index (χ0) is 19.7. The second kappa shape index (κ2) is 10.1. The van der Waals surface area contributed by atoms with Gasteiger partial charge in [0.05, 0.1) is 4.90 Å². The van der Waals surface area contributed by atoms with E-state index >= 15 is 0 Å². The third kappa shape index (κ3) is 7.03. The molecule has 0 aliphatic heterocycles. The highest BCUT2D eigenvalue weighted by molar-refractivity contribution is 7.89. The number of hydrogen-bond acceptors (Lipinski definition) is 4. The first-order valence-electron chi connectivity index (χ1n) is 8.96. The molecule has 7 heteroatoms. The number of ether oxygens (including phenoxy) is 1. The first-order valence-corrected chi connectivity index (χ1v) is 10.4. The molecule has 0 saturated heterocycles. The smallest absolute Gasteiger partial charge is 0.258 e. The number of sulfonamides is 1. The molecule has 146 valence electrons. The predicted octanol–water partition coefficient (Wildman–Crippen LogP) is 2.85. The summed E-state index contributed by atoms with van der Waals surface area (Å²) in [6.45, 7) is 4.12. The number of nitrogens with one attached hydrogen (secondary N) is 2. The molecule has 0 spiro atoms. The van der Waals surface area contributed by atoms with Gasteiger partial charge in [-0.15, -0.1) is 0 Å². The standard InChI is InChI=1S/C20H26N2O4S/c1-3-7-16(2)22-20(23)15-26-18-10-12-19(13-11-18)27(24,25)21-14-17-8-5-4-6-9-17/h4-6,8-13,16,21H,3,7,14-15H2,1-2H3,(H,22,23)/t16-/m0/s1. The quantitative estimate of drug-likeness (QED) is 0.653. The maximum absolute atomic E-state index is 12.3. The molecule has 2 rings (SSSR count). The molecule has 2 aromatic carbocycles. The molecular weight excluding hydrogens is 364 g/mol. The highest BCUT2D eigenvalue weighted by Gasteiger charge is 2.14. The molecule has 1 atom stereocenters. The fourth-order valence-corrected chi connectivity index (χ4v) is 3.56. The third-order valence-corrected chi connectivity index (χ3v) is 5.36. The summed E-state index contributed by atoms with van der Waals surface area (Å²) in [5.41, 5.74) is 0.879. The minimum absolute atomic E-state index is 0.105. The average molecular weight is 391 g/mol. The number of benzene rings is 2. The van der Waals surface area contributed by atoms with Crippen molar-refractivity contribution in [2.45, 2.75) is 44.2 Å². The van der Waals surface area contributed by atoms with Gasteiger partial charge in [0.1, 0.15) is 5.75 Å². The van der Waals surface area contributed by atoms with Crippen molar-refractivity contribution in [3.8, 4) is 5.75 Å². The van der Waals surface area contributed by atoms with Gasteiger partial charge in [0, 0.05) is 12.6 Å². The van der Waals surface area contributed by atoms with E-state index in [2.05, 4.69) is 17.0 Å². The molecule has 0 heterocycles. The van der Waals surface area contributed by atoms with Crippen LogP contribution in [0.25, 0.3) is 0 Å². The van der Waals surface area contributed by atoms with Gasteiger partial charge in [-0.1, -0.05) is 43.7 Å². The second-order valence-electron chi connectivity index (χ2n) is 6.33. The van der Waals surface area contributed by atoms with Crippen molar-refractivity contribution in [1.82, 2.24) is 10.0 Å². The number of hydrogen-bond donors (Lipinski definition) is 2. The number of carbonyl (C=O) groups is 1. The highest BCUT2D eigenvalue weighted by atomic mass is 32.2. The summed E-state index contributed by atoms with van der Waals surface area (Å²) in [4.78, 5) is 12.0. The van der Waals surface area contributed by atoms with E-state index in [-0.39, 0.29) is 30.0 Å². The second-order valence-corrected chi connectivity index (χ2v) is 8.09. The Balaban J connectivity index is 1.87. The Bertz CT molecular complexity index is 821. The predicted molar refractivity (Wildman–Crippen MR) is 105 cm³/mol. The van der Waals surface area contributed by atoms with E-state index in [0.717, 1.165) is 18.4 Å². The van der Waals surface area contributed by atoms with Crippen molar-refractivity contribution in [1.29, 1.82) is 0 Å². The molecule has 6 nitrogen and oxygen atoms in total. The lowest BCUT2D eigenvalue weighted by molar-refractivity contribution is -0.123. The normalized spacial score (nSPS) is 12.4. The molecule has 0 aliphatic carbocycles. The van der Waals surface area contributed by atoms with Gasteiger partial charge in [0.15, 0.2) is 6.61 Å². The molecule has 0 bridgehead atoms. The Morgan fingerprint density at radius 2 is 1.74 bits per heavy atom. The van der Waals surface area contributed by atoms with E-state index in [0.29, 0.717) is 5.75 Å². The SMILES string of the molecule is CCC[C@H](C)NC(=O)COc1ccc(S(=O)(=O)NCc2ccccc2)cc1. The van der Waals surface area contributed by atoms with E-state index in [9.17, 15) is 13.2 Å². The van der Waals surface area contributed by atoms with Crippen molar-refractivity contribution in [3.05, 3.63) is 60.2 Å². The molecule has 0 unspecified atom stereocenters. The Kier molecular flexibility index (Phi) is 7.82. The number of rotatable bonds is 10. The van der Waals surface area contributed by atoms with Gasteiger partial charge in [0.25, 0.3) is 5.91 Å². The molecule has 0 aliphatic rings. The minimum Gasteiger partial charge on any atom is -0.484 e. The van der Waals surface area contributed by atoms with Crippen LogP contribution >= 0.6 is 0 Å². The summed E-state index contributed by atoms with van der Waals surface area (Å²) in [6, 6.07) is 15.4. The molecule has 27 heavy (non-hydrogen) atoms. The lowest BCUT2D eigenvalue weighted by Gasteiger charge is -2.13. The van der Waals surface area contributed by atoms with Gasteiger partial charge >= 0.3 is 0 Å². The van der Waals surface area contributed by atoms with Crippen LogP contribution in [0.4, 0.5) is 0 Å². The zero-order valence-corrected chi connectivity index (χ0v) is 16.5. The topological polar surface area (TPSA) is 84.5 Å². The first-order chi connectivity index (χ1) is 12.9. The molecule has 2 N–H and O–H groups in total. The Morgan fingerprint density at radius 1 is 1.07 bits per heavy atom. The number of carbonyl (C=O) groups excluding carboxylic acids is 1. The number of amides is 1. The van der Waals surface area contributed by atoms with Crippen molar-refractivity contribution in [3.63, 3.8) is 0 Å². The van der Waals surface area contributed by atoms with Crippen LogP contribution in [0.2, 0.25) is 0 Å². The Morgan fingerprint density at radius 3 is 2.37 bits per heavy atom. The average Bonchev–Trinajstić information content (AvgIpc) is 2.66. The van der Waals surface area contributed by atoms with Gasteiger partial charge in [-0.3, -0.25) is 4.79 Å². The summed E-state index contributed by atoms with van der Waals surface area (Å²) in [7, 11) is -3.61. The van der Waals surface area contributed by atoms with Crippen molar-refractivity contribution in [2.24, 2.45) is 0 Å². The summed E-state index contributed by atoms with van der Waals surface area (Å²) in [6.07, 6.45) is 1.91. The molecule has 1 amide bonds. The van der Waals surface area contributed by atoms with E-state index in [1.165, 1.54) is 12.1 Å². The van der Waals surface area contributed by atoms with Crippen LogP contribution in [0.3, 0.4) is 0 Å². The first kappa shape index (κ1) is 20.9. The van der Waals surface area contributed by atoms with E-state index in [1.807, 2.05) is 37.3 Å². The summed E-state index contributed by atoms with van der Waals surface area (Å²) in [5.74, 6) is 0.243. The molecular formula is C20H26N2O4S. The maximum atomic E-state index is 12.3. The fraction of sp³-hybridized carbons (Fsp3) is 0.350. The third-order valence-electron chi connectivity index (χ3n) is 3.94. The van der Waals surface area contributed by atoms with Crippen LogP contribution in [0.1, 0.15) is 32.3 Å². The fourth-order valence-electron chi connectivity index (χ4n) is 2.54. The molecule has 0 radical (unpaired) electrons. The van der Waals surface area contributed by atoms with Crippen LogP contribution in [0.15, 0.2) is 59.5 Å². The highest BCUT2D eigenvalue weighted by Crippen LogP contribution is 2.16. The molecule has 0 fully saturated rings. The van der Waals surface area contributed by atoms with Crippen molar-refractivity contribution in [2.75, 3.05) is 6.61 Å². The van der Waals surface area contributed by atoms with E-state index in [1.54, 1.807) is 12.1 Å². The lowest BCUT2D eigenvalue weighted by Crippen LogP contribution is -2.35. The Hall–Kier alpha value is -2.38. The maximum Gasteiger partial charge on any atom is 0.258 e. The van der Waals surface area contributed by atoms with E-state index in [4.69, 9.17) is 4.74 Å². The van der Waals surface area contributed by atoms with Gasteiger partial charge in [-0.05, 0) is 43.2 Å². The van der Waals surface area contributed by atoms with Crippen LogP contribution in [0.5, 0.6) is 5.75 Å². The van der Waals surface area contributed by atoms with Crippen molar-refractivity contribution >= 4 is 15.9 Å². The van der Waals surface area contributed by atoms with E-state index < -0.39 is 10.0 Å². The molecule has 0 aromatic heterocycles. The Labute approximate surface area is 161 Å². The zero-order valence-electron chi connectivity index (χ0n) is 15.6. The monoisotopic (exact) mass is 390 g/mol.